The second-order valence-electron chi connectivity index (χ2n) is 5.54. The van der Waals surface area contributed by atoms with Gasteiger partial charge in [0.05, 0.1) is 6.42 Å². The first-order valence-electron chi connectivity index (χ1n) is 6.72. The van der Waals surface area contributed by atoms with Gasteiger partial charge in [-0.2, -0.15) is 0 Å². The zero-order valence-electron chi connectivity index (χ0n) is 12.7. The number of amides is 1. The molecule has 0 bridgehead atoms. The Hall–Kier alpha value is -0.900. The number of carbonyl (C=O) groups is 2. The Morgan fingerprint density at radius 3 is 2.00 bits per heavy atom. The van der Waals surface area contributed by atoms with Gasteiger partial charge in [0.15, 0.2) is 0 Å². The molecule has 0 unspecified atom stereocenters. The summed E-state index contributed by atoms with van der Waals surface area (Å²) in [4.78, 5) is 27.1. The highest BCUT2D eigenvalue weighted by Gasteiger charge is 2.16. The minimum absolute atomic E-state index is 0.0196. The maximum absolute atomic E-state index is 11.8. The molecule has 0 fully saturated rings. The summed E-state index contributed by atoms with van der Waals surface area (Å²) in [5.41, 5.74) is 0. The first-order chi connectivity index (χ1) is 8.25. The lowest BCUT2D eigenvalue weighted by Crippen LogP contribution is -2.33. The Morgan fingerprint density at radius 1 is 1.00 bits per heavy atom. The van der Waals surface area contributed by atoms with Crippen LogP contribution in [0.25, 0.3) is 0 Å². The average Bonchev–Trinajstić information content (AvgIpc) is 2.27. The number of carbonyl (C=O) groups excluding carboxylic acids is 2. The molecule has 4 heteroatoms. The third-order valence-corrected chi connectivity index (χ3v) is 3.28. The van der Waals surface area contributed by atoms with Crippen LogP contribution in [-0.4, -0.2) is 54.7 Å². The summed E-state index contributed by atoms with van der Waals surface area (Å²) in [7, 11) is 3.85. The van der Waals surface area contributed by atoms with Gasteiger partial charge in [0.1, 0.15) is 5.78 Å². The molecule has 0 aromatic rings. The molecule has 0 N–H and O–H groups in total. The van der Waals surface area contributed by atoms with Gasteiger partial charge in [0.2, 0.25) is 5.91 Å². The van der Waals surface area contributed by atoms with Gasteiger partial charge in [-0.05, 0) is 33.9 Å². The monoisotopic (exact) mass is 256 g/mol. The lowest BCUT2D eigenvalue weighted by atomic mass is 10.1. The van der Waals surface area contributed by atoms with Crippen molar-refractivity contribution in [3.8, 4) is 0 Å². The normalized spacial score (nSPS) is 11.4. The smallest absolute Gasteiger partial charge is 0.229 e. The number of hydrogen-bond donors (Lipinski definition) is 0. The van der Waals surface area contributed by atoms with Crippen LogP contribution in [0.15, 0.2) is 0 Å². The summed E-state index contributed by atoms with van der Waals surface area (Å²) >= 11 is 0. The molecule has 0 aliphatic rings. The third kappa shape index (κ3) is 6.74. The summed E-state index contributed by atoms with van der Waals surface area (Å²) in [6.07, 6.45) is 0.973. The molecular weight excluding hydrogens is 228 g/mol. The molecule has 0 saturated heterocycles. The predicted octanol–water partition coefficient (Wildman–Crippen LogP) is 1.79. The van der Waals surface area contributed by atoms with Crippen LogP contribution in [0.3, 0.4) is 0 Å². The number of Topliss-reactive ketones (excluding diaryl/α,β-unsaturated/α-hetero) is 1. The van der Waals surface area contributed by atoms with E-state index in [0.717, 1.165) is 13.0 Å². The molecule has 0 radical (unpaired) electrons. The minimum Gasteiger partial charge on any atom is -0.345 e. The Morgan fingerprint density at radius 2 is 1.56 bits per heavy atom. The Kier molecular flexibility index (Phi) is 7.83. The summed E-state index contributed by atoms with van der Waals surface area (Å²) in [6.45, 7) is 9.63. The quantitative estimate of drug-likeness (QED) is 0.622. The summed E-state index contributed by atoms with van der Waals surface area (Å²) in [6, 6.07) is 0.522. The molecule has 0 atom stereocenters. The van der Waals surface area contributed by atoms with E-state index in [1.54, 1.807) is 11.9 Å². The minimum atomic E-state index is -0.0686. The predicted molar refractivity (Wildman–Crippen MR) is 74.5 cm³/mol. The second kappa shape index (κ2) is 8.25. The van der Waals surface area contributed by atoms with Gasteiger partial charge in [0, 0.05) is 25.6 Å². The summed E-state index contributed by atoms with van der Waals surface area (Å²) in [5, 5.41) is 0. The Balaban J connectivity index is 3.92. The summed E-state index contributed by atoms with van der Waals surface area (Å²) in [5.74, 6) is -0.110. The van der Waals surface area contributed by atoms with Crippen molar-refractivity contribution in [2.45, 2.75) is 46.6 Å². The van der Waals surface area contributed by atoms with E-state index in [1.165, 1.54) is 0 Å². The largest absolute Gasteiger partial charge is 0.345 e. The van der Waals surface area contributed by atoms with E-state index in [9.17, 15) is 9.59 Å². The van der Waals surface area contributed by atoms with Gasteiger partial charge in [-0.25, -0.2) is 0 Å². The number of rotatable bonds is 8. The van der Waals surface area contributed by atoms with Crippen LogP contribution in [0.5, 0.6) is 0 Å². The van der Waals surface area contributed by atoms with E-state index in [-0.39, 0.29) is 24.0 Å². The molecule has 106 valence electrons. The molecule has 0 spiro atoms. The average molecular weight is 256 g/mol. The maximum atomic E-state index is 11.8. The fraction of sp³-hybridized carbons (Fsp3) is 0.857. The standard InChI is InChI=1S/C14H28N2O2/c1-11(2)13(17)10-14(18)16(6)9-7-8-15(5)12(3)4/h11-12H,7-10H2,1-6H3. The number of nitrogens with zero attached hydrogens (tertiary/aromatic N) is 2. The van der Waals surface area contributed by atoms with Gasteiger partial charge >= 0.3 is 0 Å². The molecule has 18 heavy (non-hydrogen) atoms. The first-order valence-corrected chi connectivity index (χ1v) is 6.72. The zero-order chi connectivity index (χ0) is 14.3. The summed E-state index contributed by atoms with van der Waals surface area (Å²) < 4.78 is 0. The van der Waals surface area contributed by atoms with Gasteiger partial charge in [-0.1, -0.05) is 13.8 Å². The third-order valence-electron chi connectivity index (χ3n) is 3.28. The van der Waals surface area contributed by atoms with E-state index >= 15 is 0 Å². The van der Waals surface area contributed by atoms with Gasteiger partial charge in [-0.15, -0.1) is 0 Å². The highest BCUT2D eigenvalue weighted by Crippen LogP contribution is 2.03. The highest BCUT2D eigenvalue weighted by atomic mass is 16.2. The van der Waals surface area contributed by atoms with Crippen molar-refractivity contribution < 1.29 is 9.59 Å². The van der Waals surface area contributed by atoms with Gasteiger partial charge < -0.3 is 9.80 Å². The van der Waals surface area contributed by atoms with E-state index < -0.39 is 0 Å². The topological polar surface area (TPSA) is 40.6 Å². The second-order valence-corrected chi connectivity index (χ2v) is 5.54. The fourth-order valence-electron chi connectivity index (χ4n) is 1.43. The molecule has 0 rings (SSSR count). The highest BCUT2D eigenvalue weighted by molar-refractivity contribution is 5.98. The van der Waals surface area contributed by atoms with Crippen LogP contribution in [0, 0.1) is 5.92 Å². The van der Waals surface area contributed by atoms with Crippen LogP contribution in [0.1, 0.15) is 40.5 Å². The Bertz CT molecular complexity index is 275. The van der Waals surface area contributed by atoms with Crippen molar-refractivity contribution in [2.24, 2.45) is 5.92 Å². The molecule has 0 aromatic carbocycles. The lowest BCUT2D eigenvalue weighted by molar-refractivity contribution is -0.135. The number of hydrogen-bond acceptors (Lipinski definition) is 3. The zero-order valence-corrected chi connectivity index (χ0v) is 12.7. The molecule has 4 nitrogen and oxygen atoms in total. The molecule has 0 heterocycles. The van der Waals surface area contributed by atoms with Gasteiger partial charge in [-0.3, -0.25) is 9.59 Å². The molecule has 0 aliphatic heterocycles. The van der Waals surface area contributed by atoms with Crippen LogP contribution < -0.4 is 0 Å². The van der Waals surface area contributed by atoms with Crippen molar-refractivity contribution >= 4 is 11.7 Å². The maximum Gasteiger partial charge on any atom is 0.229 e. The first kappa shape index (κ1) is 17.1. The molecule has 0 saturated carbocycles. The van der Waals surface area contributed by atoms with E-state index in [1.807, 2.05) is 13.8 Å². The Labute approximate surface area is 111 Å². The van der Waals surface area contributed by atoms with Crippen molar-refractivity contribution in [1.82, 2.24) is 9.80 Å². The molecular formula is C14H28N2O2. The van der Waals surface area contributed by atoms with Crippen molar-refractivity contribution in [1.29, 1.82) is 0 Å². The molecule has 0 aliphatic carbocycles. The van der Waals surface area contributed by atoms with Crippen LogP contribution in [0.2, 0.25) is 0 Å². The van der Waals surface area contributed by atoms with E-state index in [4.69, 9.17) is 0 Å². The molecule has 0 aromatic heterocycles. The fourth-order valence-corrected chi connectivity index (χ4v) is 1.43. The van der Waals surface area contributed by atoms with E-state index in [0.29, 0.717) is 12.6 Å². The molecule has 1 amide bonds. The van der Waals surface area contributed by atoms with Crippen LogP contribution >= 0.6 is 0 Å². The van der Waals surface area contributed by atoms with Crippen LogP contribution in [0.4, 0.5) is 0 Å². The van der Waals surface area contributed by atoms with Crippen molar-refractivity contribution in [3.63, 3.8) is 0 Å². The van der Waals surface area contributed by atoms with Gasteiger partial charge in [0.25, 0.3) is 0 Å². The lowest BCUT2D eigenvalue weighted by Gasteiger charge is -2.23. The van der Waals surface area contributed by atoms with Crippen LogP contribution in [-0.2, 0) is 9.59 Å². The SMILES string of the molecule is CC(C)C(=O)CC(=O)N(C)CCCN(C)C(C)C. The van der Waals surface area contributed by atoms with E-state index in [2.05, 4.69) is 25.8 Å². The van der Waals surface area contributed by atoms with Crippen molar-refractivity contribution in [2.75, 3.05) is 27.2 Å². The van der Waals surface area contributed by atoms with Crippen molar-refractivity contribution in [3.05, 3.63) is 0 Å². The number of ketones is 1.